The number of imidazole rings is 1. The predicted octanol–water partition coefficient (Wildman–Crippen LogP) is -0.981. The van der Waals surface area contributed by atoms with Gasteiger partial charge in [-0.15, -0.1) is 6.58 Å². The summed E-state index contributed by atoms with van der Waals surface area (Å²) in [5.74, 6) is -0.749. The van der Waals surface area contributed by atoms with Crippen LogP contribution < -0.4 is 16.8 Å². The number of nitrogens with zero attached hydrogens (tertiary/aromatic N) is 5. The molecule has 3 rings (SSSR count). The van der Waals surface area contributed by atoms with E-state index in [1.807, 2.05) is 0 Å². The fourth-order valence-corrected chi connectivity index (χ4v) is 2.82. The van der Waals surface area contributed by atoms with E-state index in [-0.39, 0.29) is 29.2 Å². The summed E-state index contributed by atoms with van der Waals surface area (Å²) in [5.41, 5.74) is -1.70. The average Bonchev–Trinajstić information content (AvgIpc) is 2.91. The summed E-state index contributed by atoms with van der Waals surface area (Å²) >= 11 is 0. The molecule has 0 aliphatic heterocycles. The van der Waals surface area contributed by atoms with E-state index in [9.17, 15) is 19.2 Å². The minimum atomic E-state index is -0.791. The normalized spacial score (nSPS) is 11.2. The Morgan fingerprint density at radius 1 is 1.28 bits per heavy atom. The van der Waals surface area contributed by atoms with E-state index >= 15 is 0 Å². The van der Waals surface area contributed by atoms with Crippen LogP contribution in [0.3, 0.4) is 0 Å². The maximum Gasteiger partial charge on any atom is 0.355 e. The lowest BCUT2D eigenvalue weighted by atomic mass is 10.4. The van der Waals surface area contributed by atoms with Crippen molar-refractivity contribution in [1.82, 2.24) is 23.1 Å². The summed E-state index contributed by atoms with van der Waals surface area (Å²) in [5, 5.41) is 0. The lowest BCUT2D eigenvalue weighted by molar-refractivity contribution is 0.0592. The van der Waals surface area contributed by atoms with Gasteiger partial charge in [0.25, 0.3) is 11.1 Å². The number of carbonyl (C=O) groups excluding carboxylic acids is 1. The molecule has 0 radical (unpaired) electrons. The lowest BCUT2D eigenvalue weighted by Gasteiger charge is -2.06. The Kier molecular flexibility index (Phi) is 3.67. The van der Waals surface area contributed by atoms with Gasteiger partial charge in [0, 0.05) is 26.7 Å². The zero-order chi connectivity index (χ0) is 18.5. The first-order valence-electron chi connectivity index (χ1n) is 7.24. The summed E-state index contributed by atoms with van der Waals surface area (Å²) in [6.07, 6.45) is 1.51. The Hall–Kier alpha value is -3.43. The van der Waals surface area contributed by atoms with Crippen molar-refractivity contribution in [1.29, 1.82) is 0 Å². The van der Waals surface area contributed by atoms with Crippen molar-refractivity contribution < 1.29 is 9.53 Å². The number of carbonyl (C=O) groups is 1. The molecule has 0 saturated heterocycles. The first-order valence-corrected chi connectivity index (χ1v) is 7.24. The third-order valence-corrected chi connectivity index (χ3v) is 3.95. The minimum Gasteiger partial charge on any atom is -0.464 e. The molecule has 0 saturated carbocycles. The molecule has 0 unspecified atom stereocenters. The highest BCUT2D eigenvalue weighted by atomic mass is 16.5. The third-order valence-electron chi connectivity index (χ3n) is 3.95. The number of hydrogen-bond donors (Lipinski definition) is 0. The molecule has 0 aliphatic rings. The van der Waals surface area contributed by atoms with Gasteiger partial charge in [-0.2, -0.15) is 4.98 Å². The number of methoxy groups -OCH3 is 1. The molecule has 25 heavy (non-hydrogen) atoms. The van der Waals surface area contributed by atoms with Gasteiger partial charge in [0.05, 0.1) is 7.11 Å². The van der Waals surface area contributed by atoms with Gasteiger partial charge in [0.2, 0.25) is 5.78 Å². The summed E-state index contributed by atoms with van der Waals surface area (Å²) in [7, 11) is 3.97. The molecule has 130 valence electrons. The van der Waals surface area contributed by atoms with Crippen molar-refractivity contribution in [3.8, 4) is 0 Å². The molecule has 0 aromatic carbocycles. The zero-order valence-electron chi connectivity index (χ0n) is 13.8. The van der Waals surface area contributed by atoms with E-state index in [4.69, 9.17) is 4.74 Å². The van der Waals surface area contributed by atoms with Gasteiger partial charge in [-0.25, -0.2) is 9.59 Å². The van der Waals surface area contributed by atoms with Crippen LogP contribution in [0.1, 0.15) is 10.5 Å². The molecular weight excluding hydrogens is 330 g/mol. The van der Waals surface area contributed by atoms with Crippen LogP contribution in [0.5, 0.6) is 0 Å². The van der Waals surface area contributed by atoms with Crippen LogP contribution in [0.4, 0.5) is 0 Å². The number of allylic oxidation sites excluding steroid dienone is 1. The molecule has 3 heterocycles. The second-order valence-corrected chi connectivity index (χ2v) is 5.38. The van der Waals surface area contributed by atoms with Crippen LogP contribution in [0, 0.1) is 0 Å². The number of esters is 1. The molecule has 0 bridgehead atoms. The first-order chi connectivity index (χ1) is 11.8. The maximum absolute atomic E-state index is 12.7. The second kappa shape index (κ2) is 5.58. The Balaban J connectivity index is 2.79. The van der Waals surface area contributed by atoms with Crippen molar-refractivity contribution in [2.24, 2.45) is 14.1 Å². The Morgan fingerprint density at radius 3 is 2.56 bits per heavy atom. The molecule has 10 heteroatoms. The van der Waals surface area contributed by atoms with E-state index in [1.54, 1.807) is 0 Å². The molecule has 0 fully saturated rings. The minimum absolute atomic E-state index is 0.0427. The monoisotopic (exact) mass is 345 g/mol. The summed E-state index contributed by atoms with van der Waals surface area (Å²) in [4.78, 5) is 52.9. The number of rotatable bonds is 3. The smallest absolute Gasteiger partial charge is 0.355 e. The highest BCUT2D eigenvalue weighted by Gasteiger charge is 2.24. The fraction of sp³-hybridized carbons (Fsp3) is 0.267. The van der Waals surface area contributed by atoms with E-state index in [1.165, 1.54) is 40.8 Å². The van der Waals surface area contributed by atoms with Crippen LogP contribution >= 0.6 is 0 Å². The Labute approximate surface area is 139 Å². The van der Waals surface area contributed by atoms with Crippen LogP contribution in [-0.2, 0) is 25.4 Å². The summed E-state index contributed by atoms with van der Waals surface area (Å²) in [6.45, 7) is 3.78. The van der Waals surface area contributed by atoms with Gasteiger partial charge in [-0.1, -0.05) is 6.08 Å². The topological polar surface area (TPSA) is 110 Å². The lowest BCUT2D eigenvalue weighted by Crippen LogP contribution is -2.37. The third kappa shape index (κ3) is 2.14. The number of hydrogen-bond acceptors (Lipinski definition) is 6. The molecule has 0 aliphatic carbocycles. The standard InChI is InChI=1S/C15H15N5O5/c1-5-6-19-10-11(17(2)15(24)18(3)12(10)22)20-8(13(23)25-4)7-9(21)16-14(19)20/h5,7H,1,6H2,2-4H3. The van der Waals surface area contributed by atoms with Gasteiger partial charge in [-0.05, 0) is 0 Å². The van der Waals surface area contributed by atoms with Gasteiger partial charge < -0.3 is 4.74 Å². The summed E-state index contributed by atoms with van der Waals surface area (Å²) in [6, 6.07) is 0.998. The highest BCUT2D eigenvalue weighted by Crippen LogP contribution is 2.17. The number of ether oxygens (including phenoxy) is 1. The van der Waals surface area contributed by atoms with E-state index in [0.29, 0.717) is 0 Å². The number of fused-ring (bicyclic) bond motifs is 3. The molecule has 3 aromatic rings. The molecule has 0 N–H and O–H groups in total. The Bertz CT molecular complexity index is 1220. The van der Waals surface area contributed by atoms with Crippen molar-refractivity contribution in [2.45, 2.75) is 6.54 Å². The van der Waals surface area contributed by atoms with Crippen molar-refractivity contribution in [3.63, 3.8) is 0 Å². The van der Waals surface area contributed by atoms with Gasteiger partial charge >= 0.3 is 11.7 Å². The van der Waals surface area contributed by atoms with E-state index in [0.717, 1.165) is 10.6 Å². The molecular formula is C15H15N5O5. The fourth-order valence-electron chi connectivity index (χ4n) is 2.82. The quantitative estimate of drug-likeness (QED) is 0.446. The average molecular weight is 345 g/mol. The molecule has 3 aromatic heterocycles. The predicted molar refractivity (Wildman–Crippen MR) is 89.0 cm³/mol. The maximum atomic E-state index is 12.7. The van der Waals surface area contributed by atoms with E-state index in [2.05, 4.69) is 11.6 Å². The number of aromatic nitrogens is 5. The molecule has 10 nitrogen and oxygen atoms in total. The summed E-state index contributed by atoms with van der Waals surface area (Å²) < 4.78 is 9.57. The SMILES string of the molecule is C=CCn1c2c(=O)n(C)c(=O)n(C)c2n2c(C(=O)OC)cc(=O)nc12. The van der Waals surface area contributed by atoms with E-state index < -0.39 is 22.8 Å². The molecule has 0 spiro atoms. The first kappa shape index (κ1) is 16.4. The Morgan fingerprint density at radius 2 is 1.96 bits per heavy atom. The van der Waals surface area contributed by atoms with Gasteiger partial charge in [0.1, 0.15) is 5.69 Å². The van der Waals surface area contributed by atoms with Crippen molar-refractivity contribution in [2.75, 3.05) is 7.11 Å². The van der Waals surface area contributed by atoms with Crippen molar-refractivity contribution >= 4 is 22.9 Å². The number of aryl methyl sites for hydroxylation is 1. The van der Waals surface area contributed by atoms with Crippen molar-refractivity contribution in [3.05, 3.63) is 55.6 Å². The zero-order valence-corrected chi connectivity index (χ0v) is 13.8. The molecule has 0 amide bonds. The second-order valence-electron chi connectivity index (χ2n) is 5.38. The highest BCUT2D eigenvalue weighted by molar-refractivity contribution is 5.91. The van der Waals surface area contributed by atoms with Gasteiger partial charge in [0.15, 0.2) is 11.2 Å². The van der Waals surface area contributed by atoms with Crippen LogP contribution in [-0.4, -0.2) is 36.2 Å². The van der Waals surface area contributed by atoms with Crippen LogP contribution in [0.2, 0.25) is 0 Å². The molecule has 0 atom stereocenters. The largest absolute Gasteiger partial charge is 0.464 e. The van der Waals surface area contributed by atoms with Gasteiger partial charge in [-0.3, -0.25) is 27.7 Å². The van der Waals surface area contributed by atoms with Crippen LogP contribution in [0.15, 0.2) is 33.1 Å². The van der Waals surface area contributed by atoms with Crippen LogP contribution in [0.25, 0.3) is 16.9 Å².